The fourth-order valence-corrected chi connectivity index (χ4v) is 5.65. The zero-order chi connectivity index (χ0) is 15.8. The van der Waals surface area contributed by atoms with Gasteiger partial charge in [0, 0.05) is 6.04 Å². The third-order valence-corrected chi connectivity index (χ3v) is 7.08. The van der Waals surface area contributed by atoms with E-state index in [4.69, 9.17) is 0 Å². The van der Waals surface area contributed by atoms with Crippen LogP contribution in [0.4, 0.5) is 4.39 Å². The Morgan fingerprint density at radius 1 is 1.27 bits per heavy atom. The molecule has 1 aromatic rings. The van der Waals surface area contributed by atoms with Crippen molar-refractivity contribution in [1.82, 2.24) is 5.32 Å². The Morgan fingerprint density at radius 3 is 2.59 bits per heavy atom. The van der Waals surface area contributed by atoms with Crippen LogP contribution >= 0.6 is 0 Å². The van der Waals surface area contributed by atoms with Crippen LogP contribution in [0.25, 0.3) is 0 Å². The van der Waals surface area contributed by atoms with Gasteiger partial charge >= 0.3 is 0 Å². The molecule has 1 saturated carbocycles. The Labute approximate surface area is 132 Å². The molecule has 5 heteroatoms. The average Bonchev–Trinajstić information content (AvgIpc) is 2.42. The van der Waals surface area contributed by atoms with Gasteiger partial charge in [-0.1, -0.05) is 19.1 Å². The quantitative estimate of drug-likeness (QED) is 0.926. The third-order valence-electron chi connectivity index (χ3n) is 5.19. The summed E-state index contributed by atoms with van der Waals surface area (Å²) in [5.41, 5.74) is 1.30. The SMILES string of the molecule is CC1(c2ccc(F)cc2)CC(NCC2CCCS(=O)(=O)C2)C1. The van der Waals surface area contributed by atoms with Gasteiger partial charge in [0.2, 0.25) is 0 Å². The smallest absolute Gasteiger partial charge is 0.150 e. The van der Waals surface area contributed by atoms with Crippen LogP contribution < -0.4 is 5.32 Å². The third kappa shape index (κ3) is 3.51. The molecule has 0 amide bonds. The maximum Gasteiger partial charge on any atom is 0.150 e. The molecule has 0 aromatic heterocycles. The predicted octanol–water partition coefficient (Wildman–Crippen LogP) is 2.66. The van der Waals surface area contributed by atoms with Crippen molar-refractivity contribution in [3.63, 3.8) is 0 Å². The topological polar surface area (TPSA) is 46.2 Å². The summed E-state index contributed by atoms with van der Waals surface area (Å²) in [7, 11) is -2.81. The second-order valence-corrected chi connectivity index (χ2v) is 9.43. The first kappa shape index (κ1) is 15.9. The number of rotatable bonds is 4. The molecule has 1 saturated heterocycles. The Hall–Kier alpha value is -0.940. The average molecular weight is 325 g/mol. The molecule has 1 heterocycles. The van der Waals surface area contributed by atoms with Gasteiger partial charge in [-0.15, -0.1) is 0 Å². The molecule has 1 aromatic carbocycles. The highest BCUT2D eigenvalue weighted by atomic mass is 32.2. The number of nitrogens with one attached hydrogen (secondary N) is 1. The minimum Gasteiger partial charge on any atom is -0.314 e. The van der Waals surface area contributed by atoms with Crippen molar-refractivity contribution in [2.24, 2.45) is 5.92 Å². The molecular weight excluding hydrogens is 301 g/mol. The van der Waals surface area contributed by atoms with Crippen LogP contribution in [0.2, 0.25) is 0 Å². The Balaban J connectivity index is 1.48. The van der Waals surface area contributed by atoms with E-state index in [0.717, 1.165) is 32.2 Å². The molecule has 22 heavy (non-hydrogen) atoms. The molecule has 0 radical (unpaired) electrons. The van der Waals surface area contributed by atoms with E-state index in [1.807, 2.05) is 12.1 Å². The number of hydrogen-bond acceptors (Lipinski definition) is 3. The molecule has 1 N–H and O–H groups in total. The Morgan fingerprint density at radius 2 is 1.95 bits per heavy atom. The van der Waals surface area contributed by atoms with Crippen LogP contribution in [0.1, 0.15) is 38.2 Å². The van der Waals surface area contributed by atoms with Gasteiger partial charge < -0.3 is 5.32 Å². The van der Waals surface area contributed by atoms with Crippen LogP contribution in [-0.2, 0) is 15.3 Å². The highest BCUT2D eigenvalue weighted by molar-refractivity contribution is 7.91. The Bertz CT molecular complexity index is 621. The van der Waals surface area contributed by atoms with Crippen LogP contribution in [0.3, 0.4) is 0 Å². The van der Waals surface area contributed by atoms with E-state index in [1.165, 1.54) is 17.7 Å². The molecule has 1 aliphatic carbocycles. The van der Waals surface area contributed by atoms with Crippen molar-refractivity contribution >= 4 is 9.84 Å². The normalized spacial score (nSPS) is 34.1. The molecule has 0 bridgehead atoms. The van der Waals surface area contributed by atoms with Crippen LogP contribution in [0.5, 0.6) is 0 Å². The number of hydrogen-bond donors (Lipinski definition) is 1. The molecule has 1 unspecified atom stereocenters. The van der Waals surface area contributed by atoms with Gasteiger partial charge in [0.25, 0.3) is 0 Å². The maximum absolute atomic E-state index is 13.0. The first-order chi connectivity index (χ1) is 10.4. The van der Waals surface area contributed by atoms with Gasteiger partial charge in [0.05, 0.1) is 11.5 Å². The lowest BCUT2D eigenvalue weighted by Crippen LogP contribution is -2.51. The maximum atomic E-state index is 13.0. The van der Waals surface area contributed by atoms with E-state index in [0.29, 0.717) is 17.5 Å². The summed E-state index contributed by atoms with van der Waals surface area (Å²) in [6, 6.07) is 7.24. The van der Waals surface area contributed by atoms with Crippen molar-refractivity contribution < 1.29 is 12.8 Å². The fourth-order valence-electron chi connectivity index (χ4n) is 3.87. The highest BCUT2D eigenvalue weighted by Crippen LogP contribution is 2.43. The zero-order valence-corrected chi connectivity index (χ0v) is 13.8. The summed E-state index contributed by atoms with van der Waals surface area (Å²) in [5, 5.41) is 3.52. The molecule has 3 nitrogen and oxygen atoms in total. The van der Waals surface area contributed by atoms with E-state index in [-0.39, 0.29) is 17.2 Å². The van der Waals surface area contributed by atoms with E-state index >= 15 is 0 Å². The first-order valence-corrected chi connectivity index (χ1v) is 9.88. The zero-order valence-electron chi connectivity index (χ0n) is 13.0. The fraction of sp³-hybridized carbons (Fsp3) is 0.647. The lowest BCUT2D eigenvalue weighted by molar-refractivity contribution is 0.184. The monoisotopic (exact) mass is 325 g/mol. The number of halogens is 1. The lowest BCUT2D eigenvalue weighted by Gasteiger charge is -2.46. The Kier molecular flexibility index (Phi) is 4.29. The number of benzene rings is 1. The molecule has 0 spiro atoms. The molecule has 3 rings (SSSR count). The van der Waals surface area contributed by atoms with E-state index in [2.05, 4.69) is 12.2 Å². The van der Waals surface area contributed by atoms with E-state index in [9.17, 15) is 12.8 Å². The summed E-state index contributed by atoms with van der Waals surface area (Å²) in [6.45, 7) is 3.01. The van der Waals surface area contributed by atoms with E-state index < -0.39 is 9.84 Å². The molecule has 1 aliphatic heterocycles. The lowest BCUT2D eigenvalue weighted by atomic mass is 9.63. The summed E-state index contributed by atoms with van der Waals surface area (Å²) in [4.78, 5) is 0. The number of sulfone groups is 1. The van der Waals surface area contributed by atoms with Gasteiger partial charge in [-0.2, -0.15) is 0 Å². The minimum atomic E-state index is -2.81. The van der Waals surface area contributed by atoms with Crippen LogP contribution in [-0.4, -0.2) is 32.5 Å². The molecule has 122 valence electrons. The predicted molar refractivity (Wildman–Crippen MR) is 86.2 cm³/mol. The summed E-state index contributed by atoms with van der Waals surface area (Å²) in [5.74, 6) is 0.758. The van der Waals surface area contributed by atoms with Crippen molar-refractivity contribution in [2.45, 2.75) is 44.1 Å². The second kappa shape index (κ2) is 5.93. The van der Waals surface area contributed by atoms with Crippen LogP contribution in [0.15, 0.2) is 24.3 Å². The minimum absolute atomic E-state index is 0.115. The van der Waals surface area contributed by atoms with E-state index in [1.54, 1.807) is 0 Å². The van der Waals surface area contributed by atoms with Crippen LogP contribution in [0, 0.1) is 11.7 Å². The molecular formula is C17H24FNO2S. The van der Waals surface area contributed by atoms with Crippen molar-refractivity contribution in [2.75, 3.05) is 18.1 Å². The highest BCUT2D eigenvalue weighted by Gasteiger charge is 2.41. The molecule has 2 aliphatic rings. The van der Waals surface area contributed by atoms with Crippen molar-refractivity contribution in [1.29, 1.82) is 0 Å². The van der Waals surface area contributed by atoms with Gasteiger partial charge in [0.15, 0.2) is 9.84 Å². The van der Waals surface area contributed by atoms with Gasteiger partial charge in [0.1, 0.15) is 5.82 Å². The van der Waals surface area contributed by atoms with Gasteiger partial charge in [-0.05, 0) is 61.3 Å². The summed E-state index contributed by atoms with van der Waals surface area (Å²) in [6.07, 6.45) is 3.86. The summed E-state index contributed by atoms with van der Waals surface area (Å²) < 4.78 is 36.3. The summed E-state index contributed by atoms with van der Waals surface area (Å²) >= 11 is 0. The molecule has 1 atom stereocenters. The second-order valence-electron chi connectivity index (χ2n) is 7.20. The largest absolute Gasteiger partial charge is 0.314 e. The van der Waals surface area contributed by atoms with Gasteiger partial charge in [-0.25, -0.2) is 12.8 Å². The van der Waals surface area contributed by atoms with Crippen molar-refractivity contribution in [3.05, 3.63) is 35.6 Å². The van der Waals surface area contributed by atoms with Crippen molar-refractivity contribution in [3.8, 4) is 0 Å². The van der Waals surface area contributed by atoms with Gasteiger partial charge in [-0.3, -0.25) is 0 Å². The first-order valence-electron chi connectivity index (χ1n) is 8.06. The molecule has 2 fully saturated rings. The standard InChI is InChI=1S/C17H24FNO2S/c1-17(14-4-6-15(18)7-5-14)9-16(10-17)19-11-13-3-2-8-22(20,21)12-13/h4-7,13,16,19H,2-3,8-12H2,1H3.